The number of azo groups is 1. The fourth-order valence-electron chi connectivity index (χ4n) is 6.74. The number of alkyl halides is 2. The number of carbonyl (C=O) groups is 1. The molecule has 1 heterocycles. The number of amides is 1. The number of unbranched alkanes of at least 4 members (excludes halogenated alkanes) is 2. The highest BCUT2D eigenvalue weighted by atomic mass is 35.5. The third-order valence-electron chi connectivity index (χ3n) is 9.12. The van der Waals surface area contributed by atoms with Gasteiger partial charge in [0.05, 0.1) is 52.1 Å². The van der Waals surface area contributed by atoms with E-state index in [1.54, 1.807) is 4.68 Å². The third kappa shape index (κ3) is 12.4. The van der Waals surface area contributed by atoms with Crippen molar-refractivity contribution in [1.82, 2.24) is 20.0 Å². The summed E-state index contributed by atoms with van der Waals surface area (Å²) < 4.78 is 64.8. The molecule has 19 heteroatoms. The second-order valence-corrected chi connectivity index (χ2v) is 18.5. The van der Waals surface area contributed by atoms with Crippen molar-refractivity contribution in [1.29, 1.82) is 10.5 Å². The highest BCUT2D eigenvalue weighted by Crippen LogP contribution is 2.43. The van der Waals surface area contributed by atoms with E-state index in [1.807, 2.05) is 20.8 Å². The van der Waals surface area contributed by atoms with Crippen molar-refractivity contribution in [3.05, 3.63) is 11.3 Å². The molecule has 2 aliphatic rings. The second kappa shape index (κ2) is 17.9. The van der Waals surface area contributed by atoms with Crippen LogP contribution >= 0.6 is 23.2 Å². The van der Waals surface area contributed by atoms with Gasteiger partial charge in [0.2, 0.25) is 5.91 Å². The van der Waals surface area contributed by atoms with Gasteiger partial charge >= 0.3 is 0 Å². The van der Waals surface area contributed by atoms with E-state index in [4.69, 9.17) is 37.4 Å². The molecule has 0 aliphatic heterocycles. The van der Waals surface area contributed by atoms with Gasteiger partial charge in [-0.2, -0.15) is 37.6 Å². The third-order valence-corrected chi connectivity index (χ3v) is 11.6. The maximum absolute atomic E-state index is 12.3. The van der Waals surface area contributed by atoms with Gasteiger partial charge in [0.1, 0.15) is 11.6 Å². The Bertz CT molecular complexity index is 1620. The number of hydrogen-bond acceptors (Lipinski definition) is 11. The Morgan fingerprint density at radius 2 is 1.56 bits per heavy atom. The number of hydrogen-bond donors (Lipinski definition) is 3. The van der Waals surface area contributed by atoms with E-state index in [2.05, 4.69) is 32.6 Å². The maximum atomic E-state index is 12.3. The predicted octanol–water partition coefficient (Wildman–Crippen LogP) is 4.89. The quantitative estimate of drug-likeness (QED) is 0.0939. The first-order valence-corrected chi connectivity index (χ1v) is 20.9. The molecule has 1 amide bonds. The summed E-state index contributed by atoms with van der Waals surface area (Å²) in [4.78, 5) is 14.5. The van der Waals surface area contributed by atoms with Crippen molar-refractivity contribution in [3.63, 3.8) is 0 Å². The van der Waals surface area contributed by atoms with E-state index in [0.29, 0.717) is 63.7 Å². The minimum absolute atomic E-state index is 0.0770. The van der Waals surface area contributed by atoms with Crippen molar-refractivity contribution < 1.29 is 30.7 Å². The molecule has 5 atom stereocenters. The lowest BCUT2D eigenvalue weighted by Crippen LogP contribution is -2.51. The number of aromatic nitrogens is 2. The predicted molar refractivity (Wildman–Crippen MR) is 189 cm³/mol. The van der Waals surface area contributed by atoms with Crippen LogP contribution in [0.4, 0.5) is 5.82 Å². The Morgan fingerprint density at radius 1 is 1.00 bits per heavy atom. The number of halogens is 2. The molecule has 2 saturated carbocycles. The van der Waals surface area contributed by atoms with Gasteiger partial charge in [0, 0.05) is 24.3 Å². The van der Waals surface area contributed by atoms with Crippen LogP contribution in [0.5, 0.6) is 0 Å². The lowest BCUT2D eigenvalue weighted by Gasteiger charge is -2.40. The topological polar surface area (TPSA) is 231 Å². The van der Waals surface area contributed by atoms with Gasteiger partial charge < -0.3 is 10.2 Å². The lowest BCUT2D eigenvalue weighted by atomic mass is 9.85. The van der Waals surface area contributed by atoms with Crippen molar-refractivity contribution in [2.75, 3.05) is 24.6 Å². The first kappa shape index (κ1) is 42.0. The average molecular weight is 780 g/mol. The number of nitrogens with one attached hydrogen (secondary N) is 1. The molecule has 0 spiro atoms. The van der Waals surface area contributed by atoms with Gasteiger partial charge in [-0.25, -0.2) is 4.68 Å². The van der Waals surface area contributed by atoms with Crippen LogP contribution in [0.15, 0.2) is 10.2 Å². The van der Waals surface area contributed by atoms with E-state index >= 15 is 0 Å². The van der Waals surface area contributed by atoms with Crippen LogP contribution in [0.2, 0.25) is 0 Å². The van der Waals surface area contributed by atoms with Gasteiger partial charge in [-0.15, -0.1) is 28.3 Å². The Morgan fingerprint density at radius 3 is 2.02 bits per heavy atom. The minimum atomic E-state index is -4.11. The zero-order chi connectivity index (χ0) is 37.4. The summed E-state index contributed by atoms with van der Waals surface area (Å²) in [6.07, 6.45) is 3.75. The van der Waals surface area contributed by atoms with Gasteiger partial charge in [-0.1, -0.05) is 20.8 Å². The molecule has 3 N–H and O–H groups in total. The number of nitriles is 2. The first-order valence-electron chi connectivity index (χ1n) is 16.8. The second-order valence-electron chi connectivity index (χ2n) is 14.3. The van der Waals surface area contributed by atoms with Crippen molar-refractivity contribution in [2.24, 2.45) is 16.1 Å². The molecule has 15 nitrogen and oxygen atoms in total. The van der Waals surface area contributed by atoms with Crippen LogP contribution in [0, 0.1) is 28.6 Å². The normalized spacial score (nSPS) is 26.5. The summed E-state index contributed by atoms with van der Waals surface area (Å²) in [7, 11) is -8.22. The van der Waals surface area contributed by atoms with Crippen LogP contribution in [-0.4, -0.2) is 100 Å². The van der Waals surface area contributed by atoms with Gasteiger partial charge in [0.25, 0.3) is 20.2 Å². The van der Waals surface area contributed by atoms with Gasteiger partial charge in [-0.05, 0) is 70.9 Å². The average Bonchev–Trinajstić information content (AvgIpc) is 3.36. The standard InChI is InChI=1S/C31H48Cl2N8O7S2/c1-20(42)36-27-17-22(40(11-5-7-13-49(43,44)45)12-6-8-14-50(46,47)48)9-10-26(27)37-38-30-23(19-35)29(31(2,3)4)39-41(30)28-24(32)15-21(18-34)16-25(28)33/h21-22,24-28H,5-17H2,1-4H3,(H,36,42)(H,43,44,45)(H,46,47,48). The smallest absolute Gasteiger partial charge is 0.264 e. The first-order chi connectivity index (χ1) is 23.2. The SMILES string of the molecule is CC(=O)NC1CC(N(CCCCS(=O)(=O)O)CCCCS(=O)(=O)O)CCC1N=Nc1c(C#N)c(C(C)(C)C)nn1C1C(Cl)CC(C#N)CC1Cl. The maximum Gasteiger partial charge on any atom is 0.264 e. The van der Waals surface area contributed by atoms with E-state index in [0.717, 1.165) is 0 Å². The van der Waals surface area contributed by atoms with Crippen molar-refractivity contribution in [2.45, 2.75) is 126 Å². The highest BCUT2D eigenvalue weighted by Gasteiger charge is 2.41. The molecule has 0 aromatic carbocycles. The largest absolute Gasteiger partial charge is 0.351 e. The van der Waals surface area contributed by atoms with Gasteiger partial charge in [0.15, 0.2) is 5.82 Å². The van der Waals surface area contributed by atoms with Crippen molar-refractivity contribution >= 4 is 55.2 Å². The molecule has 280 valence electrons. The number of nitrogens with zero attached hydrogens (tertiary/aromatic N) is 7. The molecule has 1 aromatic heterocycles. The fourth-order valence-corrected chi connectivity index (χ4v) is 8.94. The molecule has 0 bridgehead atoms. The van der Waals surface area contributed by atoms with Crippen LogP contribution in [0.3, 0.4) is 0 Å². The molecule has 1 aromatic rings. The van der Waals surface area contributed by atoms with E-state index in [1.165, 1.54) is 6.92 Å². The van der Waals surface area contributed by atoms with Crippen LogP contribution < -0.4 is 5.32 Å². The van der Waals surface area contributed by atoms with E-state index < -0.39 is 54.5 Å². The van der Waals surface area contributed by atoms with Crippen LogP contribution in [0.25, 0.3) is 0 Å². The lowest BCUT2D eigenvalue weighted by molar-refractivity contribution is -0.120. The summed E-state index contributed by atoms with van der Waals surface area (Å²) in [5.74, 6) is -1.13. The van der Waals surface area contributed by atoms with Crippen molar-refractivity contribution in [3.8, 4) is 12.1 Å². The highest BCUT2D eigenvalue weighted by molar-refractivity contribution is 7.86. The molecule has 50 heavy (non-hydrogen) atoms. The Balaban J connectivity index is 1.91. The Kier molecular flexibility index (Phi) is 15.1. The summed E-state index contributed by atoms with van der Waals surface area (Å²) in [5.41, 5.74) is 0.212. The monoisotopic (exact) mass is 778 g/mol. The molecule has 0 saturated heterocycles. The Hall–Kier alpha value is -2.38. The molecule has 3 rings (SSSR count). The molecular formula is C31H48Cl2N8O7S2. The Labute approximate surface area is 305 Å². The van der Waals surface area contributed by atoms with Crippen LogP contribution in [0.1, 0.15) is 103 Å². The fraction of sp³-hybridized carbons (Fsp3) is 0.806. The molecule has 0 radical (unpaired) electrons. The molecular weight excluding hydrogens is 731 g/mol. The minimum Gasteiger partial charge on any atom is -0.351 e. The van der Waals surface area contributed by atoms with E-state index in [9.17, 15) is 32.2 Å². The zero-order valence-electron chi connectivity index (χ0n) is 28.9. The van der Waals surface area contributed by atoms with Crippen LogP contribution in [-0.2, 0) is 30.4 Å². The summed E-state index contributed by atoms with van der Waals surface area (Å²) in [5, 5.41) is 35.8. The summed E-state index contributed by atoms with van der Waals surface area (Å²) >= 11 is 13.6. The number of carbonyl (C=O) groups excluding carboxylic acids is 1. The zero-order valence-corrected chi connectivity index (χ0v) is 32.0. The van der Waals surface area contributed by atoms with Gasteiger partial charge in [-0.3, -0.25) is 13.9 Å². The number of rotatable bonds is 15. The molecule has 2 aliphatic carbocycles. The molecule has 2 fully saturated rings. The summed E-state index contributed by atoms with van der Waals surface area (Å²) in [6.45, 7) is 8.12. The van der Waals surface area contributed by atoms with E-state index in [-0.39, 0.29) is 53.6 Å². The molecule has 5 unspecified atom stereocenters. The summed E-state index contributed by atoms with van der Waals surface area (Å²) in [6, 6.07) is 2.92.